The summed E-state index contributed by atoms with van der Waals surface area (Å²) < 4.78 is 33.5. The van der Waals surface area contributed by atoms with Crippen molar-refractivity contribution >= 4 is 35.8 Å². The fraction of sp³-hybridized carbons (Fsp3) is 0.619. The molecule has 1 saturated heterocycles. The van der Waals surface area contributed by atoms with Crippen molar-refractivity contribution in [2.45, 2.75) is 6.04 Å². The zero-order valence-electron chi connectivity index (χ0n) is 19.2. The van der Waals surface area contributed by atoms with Crippen molar-refractivity contribution in [3.63, 3.8) is 0 Å². The van der Waals surface area contributed by atoms with Crippen LogP contribution < -0.4 is 10.6 Å². The van der Waals surface area contributed by atoms with E-state index in [0.29, 0.717) is 45.3 Å². The van der Waals surface area contributed by atoms with E-state index in [4.69, 9.17) is 4.74 Å². The Morgan fingerprint density at radius 2 is 1.81 bits per heavy atom. The minimum Gasteiger partial charge on any atom is -0.383 e. The van der Waals surface area contributed by atoms with Gasteiger partial charge in [-0.1, -0.05) is 6.07 Å². The number of hydrogen-bond donors (Lipinski definition) is 2. The van der Waals surface area contributed by atoms with Crippen molar-refractivity contribution < 1.29 is 18.3 Å². The summed E-state index contributed by atoms with van der Waals surface area (Å²) in [4.78, 5) is 22.2. The van der Waals surface area contributed by atoms with Gasteiger partial charge in [0.25, 0.3) is 0 Å². The molecule has 2 rings (SSSR count). The average Bonchev–Trinajstić information content (AvgIpc) is 2.73. The highest BCUT2D eigenvalue weighted by Gasteiger charge is 2.25. The second-order valence-corrected chi connectivity index (χ2v) is 7.65. The molecule has 32 heavy (non-hydrogen) atoms. The Kier molecular flexibility index (Phi) is 12.9. The van der Waals surface area contributed by atoms with Crippen molar-refractivity contribution in [1.82, 2.24) is 25.3 Å². The smallest absolute Gasteiger partial charge is 0.234 e. The van der Waals surface area contributed by atoms with E-state index in [0.717, 1.165) is 13.1 Å². The third-order valence-electron chi connectivity index (χ3n) is 5.29. The van der Waals surface area contributed by atoms with Gasteiger partial charge >= 0.3 is 0 Å². The zero-order chi connectivity index (χ0) is 22.8. The molecule has 1 unspecified atom stereocenters. The number of carbonyl (C=O) groups excluding carboxylic acids is 1. The zero-order valence-corrected chi connectivity index (χ0v) is 21.6. The maximum Gasteiger partial charge on any atom is 0.234 e. The van der Waals surface area contributed by atoms with Crippen molar-refractivity contribution in [2.24, 2.45) is 4.99 Å². The third-order valence-corrected chi connectivity index (χ3v) is 5.29. The maximum atomic E-state index is 14.3. The molecule has 11 heteroatoms. The van der Waals surface area contributed by atoms with E-state index in [1.54, 1.807) is 33.2 Å². The van der Waals surface area contributed by atoms with Crippen molar-refractivity contribution in [1.29, 1.82) is 0 Å². The van der Waals surface area contributed by atoms with Crippen LogP contribution in [-0.2, 0) is 9.53 Å². The molecular weight excluding hydrogens is 533 g/mol. The molecule has 8 nitrogen and oxygen atoms in total. The SMILES string of the molecule is CN=C(NCC(c1c(F)cccc1F)N(C)C)N1CCN(CC(=O)NCCOC)CC1.I. The summed E-state index contributed by atoms with van der Waals surface area (Å²) in [5, 5.41) is 6.08. The summed E-state index contributed by atoms with van der Waals surface area (Å²) in [6.07, 6.45) is 0. The normalized spacial score (nSPS) is 16.0. The number of carbonyl (C=O) groups is 1. The number of amides is 1. The quantitative estimate of drug-likeness (QED) is 0.202. The lowest BCUT2D eigenvalue weighted by molar-refractivity contribution is -0.122. The lowest BCUT2D eigenvalue weighted by Gasteiger charge is -2.37. The van der Waals surface area contributed by atoms with Gasteiger partial charge in [-0.25, -0.2) is 8.78 Å². The number of likely N-dealkylation sites (N-methyl/N-ethyl adjacent to an activating group) is 1. The van der Waals surface area contributed by atoms with Crippen molar-refractivity contribution in [3.8, 4) is 0 Å². The minimum absolute atomic E-state index is 0. The van der Waals surface area contributed by atoms with Crippen LogP contribution in [-0.4, -0.2) is 107 Å². The van der Waals surface area contributed by atoms with Crippen molar-refractivity contribution in [2.75, 3.05) is 80.7 Å². The number of piperazine rings is 1. The molecule has 1 fully saturated rings. The molecule has 2 N–H and O–H groups in total. The first-order chi connectivity index (χ1) is 14.9. The van der Waals surface area contributed by atoms with Gasteiger partial charge in [0.05, 0.1) is 19.2 Å². The van der Waals surface area contributed by atoms with Gasteiger partial charge in [0.15, 0.2) is 5.96 Å². The monoisotopic (exact) mass is 568 g/mol. The summed E-state index contributed by atoms with van der Waals surface area (Å²) in [6, 6.07) is 3.42. The van der Waals surface area contributed by atoms with E-state index >= 15 is 0 Å². The van der Waals surface area contributed by atoms with Crippen LogP contribution in [0.2, 0.25) is 0 Å². The summed E-state index contributed by atoms with van der Waals surface area (Å²) >= 11 is 0. The molecule has 0 radical (unpaired) electrons. The van der Waals surface area contributed by atoms with Gasteiger partial charge in [-0.15, -0.1) is 24.0 Å². The second kappa shape index (κ2) is 14.6. The molecular formula is C21H35F2IN6O2. The summed E-state index contributed by atoms with van der Waals surface area (Å²) in [5.74, 6) is -0.470. The summed E-state index contributed by atoms with van der Waals surface area (Å²) in [7, 11) is 6.86. The molecule has 1 amide bonds. The fourth-order valence-electron chi connectivity index (χ4n) is 3.56. The number of rotatable bonds is 9. The number of nitrogens with one attached hydrogen (secondary N) is 2. The summed E-state index contributed by atoms with van der Waals surface area (Å²) in [5.41, 5.74) is 0.0414. The van der Waals surface area contributed by atoms with E-state index in [1.165, 1.54) is 18.2 Å². The number of methoxy groups -OCH3 is 1. The summed E-state index contributed by atoms with van der Waals surface area (Å²) in [6.45, 7) is 4.48. The Morgan fingerprint density at radius 1 is 1.19 bits per heavy atom. The lowest BCUT2D eigenvalue weighted by atomic mass is 10.0. The molecule has 1 aliphatic heterocycles. The third kappa shape index (κ3) is 8.41. The first-order valence-electron chi connectivity index (χ1n) is 10.4. The largest absolute Gasteiger partial charge is 0.383 e. The van der Waals surface area contributed by atoms with Crippen LogP contribution in [0.5, 0.6) is 0 Å². The highest BCUT2D eigenvalue weighted by molar-refractivity contribution is 14.0. The van der Waals surface area contributed by atoms with Crippen LogP contribution in [0.4, 0.5) is 8.78 Å². The van der Waals surface area contributed by atoms with E-state index in [-0.39, 0.29) is 35.4 Å². The van der Waals surface area contributed by atoms with Gasteiger partial charge in [0, 0.05) is 59.0 Å². The number of benzene rings is 1. The lowest BCUT2D eigenvalue weighted by Crippen LogP contribution is -2.54. The predicted molar refractivity (Wildman–Crippen MR) is 132 cm³/mol. The van der Waals surface area contributed by atoms with Gasteiger partial charge in [-0.3, -0.25) is 14.7 Å². The fourth-order valence-corrected chi connectivity index (χ4v) is 3.56. The highest BCUT2D eigenvalue weighted by atomic mass is 127. The molecule has 1 aliphatic rings. The molecule has 1 atom stereocenters. The van der Waals surface area contributed by atoms with E-state index in [9.17, 15) is 13.6 Å². The number of halogens is 3. The second-order valence-electron chi connectivity index (χ2n) is 7.65. The number of hydrogen-bond acceptors (Lipinski definition) is 5. The van der Waals surface area contributed by atoms with Crippen molar-refractivity contribution in [3.05, 3.63) is 35.4 Å². The Balaban J connectivity index is 0.00000512. The van der Waals surface area contributed by atoms with Gasteiger partial charge in [-0.2, -0.15) is 0 Å². The molecule has 1 aromatic carbocycles. The Bertz CT molecular complexity index is 725. The van der Waals surface area contributed by atoms with Crippen LogP contribution in [0.1, 0.15) is 11.6 Å². The standard InChI is InChI=1S/C21H34F2N6O2.HI/c1-24-21(26-14-18(27(2)3)20-16(22)6-5-7-17(20)23)29-11-9-28(10-12-29)15-19(30)25-8-13-31-4;/h5-7,18H,8-15H2,1-4H3,(H,24,26)(H,25,30);1H. The predicted octanol–water partition coefficient (Wildman–Crippen LogP) is 1.14. The van der Waals surface area contributed by atoms with Gasteiger partial charge in [0.1, 0.15) is 11.6 Å². The maximum absolute atomic E-state index is 14.3. The average molecular weight is 568 g/mol. The van der Waals surface area contributed by atoms with Crippen LogP contribution >= 0.6 is 24.0 Å². The molecule has 0 spiro atoms. The number of nitrogens with zero attached hydrogens (tertiary/aromatic N) is 4. The van der Waals surface area contributed by atoms with Crippen LogP contribution in [0.15, 0.2) is 23.2 Å². The van der Waals surface area contributed by atoms with Gasteiger partial charge in [-0.05, 0) is 26.2 Å². The Labute approximate surface area is 206 Å². The molecule has 182 valence electrons. The number of guanidine groups is 1. The molecule has 0 saturated carbocycles. The molecule has 1 heterocycles. The Hall–Kier alpha value is -1.57. The van der Waals surface area contributed by atoms with E-state index < -0.39 is 17.7 Å². The molecule has 0 bridgehead atoms. The molecule has 1 aromatic rings. The minimum atomic E-state index is -0.562. The Morgan fingerprint density at radius 3 is 2.34 bits per heavy atom. The first kappa shape index (κ1) is 28.5. The van der Waals surface area contributed by atoms with E-state index in [1.807, 2.05) is 0 Å². The number of ether oxygens (including phenoxy) is 1. The van der Waals surface area contributed by atoms with Crippen LogP contribution in [0.25, 0.3) is 0 Å². The van der Waals surface area contributed by atoms with Gasteiger partial charge < -0.3 is 25.2 Å². The van der Waals surface area contributed by atoms with Gasteiger partial charge in [0.2, 0.25) is 5.91 Å². The first-order valence-corrected chi connectivity index (χ1v) is 10.4. The molecule has 0 aliphatic carbocycles. The van der Waals surface area contributed by atoms with Crippen LogP contribution in [0.3, 0.4) is 0 Å². The highest BCUT2D eigenvalue weighted by Crippen LogP contribution is 2.24. The van der Waals surface area contributed by atoms with E-state index in [2.05, 4.69) is 25.4 Å². The molecule has 0 aromatic heterocycles. The van der Waals surface area contributed by atoms with Crippen LogP contribution in [0, 0.1) is 11.6 Å². The topological polar surface area (TPSA) is 72.4 Å². The number of aliphatic imine (C=N–C) groups is 1.